The van der Waals surface area contributed by atoms with E-state index in [4.69, 9.17) is 10.7 Å². The van der Waals surface area contributed by atoms with Gasteiger partial charge in [0, 0.05) is 17.8 Å². The summed E-state index contributed by atoms with van der Waals surface area (Å²) in [5, 5.41) is 2.88. The Morgan fingerprint density at radius 2 is 1.79 bits per heavy atom. The summed E-state index contributed by atoms with van der Waals surface area (Å²) in [4.78, 5) is 26.8. The molecule has 34 heavy (non-hydrogen) atoms. The number of nitrogen functional groups attached to an aromatic ring is 1. The molecule has 2 aromatic heterocycles. The molecular weight excluding hydrogens is 424 g/mol. The van der Waals surface area contributed by atoms with Crippen molar-refractivity contribution in [3.05, 3.63) is 89.8 Å². The molecule has 0 spiro atoms. The Kier molecular flexibility index (Phi) is 5.40. The quantitative estimate of drug-likeness (QED) is 0.395. The zero-order valence-corrected chi connectivity index (χ0v) is 19.6. The minimum Gasteiger partial charge on any atom is -0.397 e. The number of carbonyl (C=O) groups excluding carboxylic acids is 1. The molecular formula is C27H28N6O. The standard InChI is InChI=1S/C27H28N6O/c1-17(2)33-18(3)30-16-24(33)23-12-15-29-26(32-23)27(13-14-27)20-10-8-19(9-11-20)25(34)31-22-7-5-4-6-21(22)28/h4-12,15-17H,13-14,28H2,1-3H3,(H,31,34). The molecule has 0 saturated heterocycles. The van der Waals surface area contributed by atoms with E-state index in [2.05, 4.69) is 33.7 Å². The largest absolute Gasteiger partial charge is 0.397 e. The highest BCUT2D eigenvalue weighted by Gasteiger charge is 2.48. The molecule has 0 unspecified atom stereocenters. The van der Waals surface area contributed by atoms with Gasteiger partial charge in [-0.15, -0.1) is 0 Å². The number of amides is 1. The summed E-state index contributed by atoms with van der Waals surface area (Å²) in [7, 11) is 0. The first-order valence-corrected chi connectivity index (χ1v) is 11.5. The average Bonchev–Trinajstić information content (AvgIpc) is 3.56. The van der Waals surface area contributed by atoms with Crippen molar-refractivity contribution in [2.24, 2.45) is 0 Å². The lowest BCUT2D eigenvalue weighted by atomic mass is 9.93. The number of rotatable bonds is 6. The second-order valence-corrected chi connectivity index (χ2v) is 9.12. The lowest BCUT2D eigenvalue weighted by Gasteiger charge is -2.17. The van der Waals surface area contributed by atoms with Gasteiger partial charge >= 0.3 is 0 Å². The van der Waals surface area contributed by atoms with E-state index < -0.39 is 0 Å². The highest BCUT2D eigenvalue weighted by Crippen LogP contribution is 2.52. The third-order valence-corrected chi connectivity index (χ3v) is 6.50. The van der Waals surface area contributed by atoms with E-state index in [1.54, 1.807) is 12.1 Å². The van der Waals surface area contributed by atoms with Crippen molar-refractivity contribution in [3.63, 3.8) is 0 Å². The Labute approximate surface area is 199 Å². The van der Waals surface area contributed by atoms with Gasteiger partial charge in [0.2, 0.25) is 0 Å². The van der Waals surface area contributed by atoms with Crippen LogP contribution in [0.15, 0.2) is 67.0 Å². The van der Waals surface area contributed by atoms with Gasteiger partial charge < -0.3 is 15.6 Å². The molecule has 1 saturated carbocycles. The van der Waals surface area contributed by atoms with Crippen LogP contribution in [0, 0.1) is 6.92 Å². The summed E-state index contributed by atoms with van der Waals surface area (Å²) in [5.74, 6) is 1.59. The summed E-state index contributed by atoms with van der Waals surface area (Å²) in [6.07, 6.45) is 5.67. The lowest BCUT2D eigenvalue weighted by Crippen LogP contribution is -2.16. The maximum absolute atomic E-state index is 12.7. The smallest absolute Gasteiger partial charge is 0.255 e. The Balaban J connectivity index is 1.41. The van der Waals surface area contributed by atoms with Crippen molar-refractivity contribution in [2.75, 3.05) is 11.1 Å². The molecule has 2 heterocycles. The molecule has 1 aliphatic rings. The van der Waals surface area contributed by atoms with Crippen molar-refractivity contribution in [1.82, 2.24) is 19.5 Å². The van der Waals surface area contributed by atoms with Crippen LogP contribution in [-0.2, 0) is 5.41 Å². The predicted octanol–water partition coefficient (Wildman–Crippen LogP) is 5.14. The number of nitrogens with one attached hydrogen (secondary N) is 1. The molecule has 7 nitrogen and oxygen atoms in total. The number of hydrogen-bond acceptors (Lipinski definition) is 5. The van der Waals surface area contributed by atoms with Crippen LogP contribution >= 0.6 is 0 Å². The maximum Gasteiger partial charge on any atom is 0.255 e. The van der Waals surface area contributed by atoms with Gasteiger partial charge in [-0.3, -0.25) is 4.79 Å². The number of carbonyl (C=O) groups is 1. The minimum absolute atomic E-state index is 0.190. The molecule has 172 valence electrons. The van der Waals surface area contributed by atoms with Crippen LogP contribution in [0.1, 0.15) is 60.3 Å². The van der Waals surface area contributed by atoms with Gasteiger partial charge in [-0.1, -0.05) is 24.3 Å². The summed E-state index contributed by atoms with van der Waals surface area (Å²) < 4.78 is 2.19. The van der Waals surface area contributed by atoms with Crippen molar-refractivity contribution >= 4 is 17.3 Å². The highest BCUT2D eigenvalue weighted by molar-refractivity contribution is 6.05. The van der Waals surface area contributed by atoms with Crippen LogP contribution in [0.25, 0.3) is 11.4 Å². The van der Waals surface area contributed by atoms with Gasteiger partial charge in [0.05, 0.1) is 34.4 Å². The predicted molar refractivity (Wildman–Crippen MR) is 134 cm³/mol. The van der Waals surface area contributed by atoms with Gasteiger partial charge in [0.25, 0.3) is 5.91 Å². The SMILES string of the molecule is Cc1ncc(-c2ccnc(C3(c4ccc(C(=O)Nc5ccccc5N)cc4)CC3)n2)n1C(C)C. The Morgan fingerprint density at radius 1 is 1.06 bits per heavy atom. The molecule has 0 aliphatic heterocycles. The molecule has 5 rings (SSSR count). The number of hydrogen-bond donors (Lipinski definition) is 2. The van der Waals surface area contributed by atoms with Crippen molar-refractivity contribution < 1.29 is 4.79 Å². The van der Waals surface area contributed by atoms with Crippen LogP contribution in [0.4, 0.5) is 11.4 Å². The second-order valence-electron chi connectivity index (χ2n) is 9.12. The minimum atomic E-state index is -0.216. The van der Waals surface area contributed by atoms with Crippen LogP contribution < -0.4 is 11.1 Å². The number of aromatic nitrogens is 4. The number of benzene rings is 2. The fourth-order valence-corrected chi connectivity index (χ4v) is 4.54. The molecule has 0 radical (unpaired) electrons. The fourth-order valence-electron chi connectivity index (χ4n) is 4.54. The molecule has 1 aliphatic carbocycles. The van der Waals surface area contributed by atoms with E-state index >= 15 is 0 Å². The van der Waals surface area contributed by atoms with Crippen LogP contribution in [0.3, 0.4) is 0 Å². The molecule has 3 N–H and O–H groups in total. The first-order chi connectivity index (χ1) is 16.4. The molecule has 1 amide bonds. The Morgan fingerprint density at radius 3 is 2.47 bits per heavy atom. The van der Waals surface area contributed by atoms with Crippen LogP contribution in [0.2, 0.25) is 0 Å². The maximum atomic E-state index is 12.7. The van der Waals surface area contributed by atoms with E-state index in [1.807, 2.05) is 61.8 Å². The number of imidazole rings is 1. The number of nitrogens with zero attached hydrogens (tertiary/aromatic N) is 4. The molecule has 1 fully saturated rings. The average molecular weight is 453 g/mol. The summed E-state index contributed by atoms with van der Waals surface area (Å²) in [6, 6.07) is 17.2. The van der Waals surface area contributed by atoms with E-state index in [-0.39, 0.29) is 17.4 Å². The normalized spacial score (nSPS) is 14.2. The zero-order chi connectivity index (χ0) is 23.9. The molecule has 7 heteroatoms. The summed E-state index contributed by atoms with van der Waals surface area (Å²) in [6.45, 7) is 6.30. The van der Waals surface area contributed by atoms with E-state index in [9.17, 15) is 4.79 Å². The molecule has 0 atom stereocenters. The van der Waals surface area contributed by atoms with Gasteiger partial charge in [0.15, 0.2) is 0 Å². The van der Waals surface area contributed by atoms with Gasteiger partial charge in [0.1, 0.15) is 11.6 Å². The van der Waals surface area contributed by atoms with Gasteiger partial charge in [-0.05, 0) is 69.5 Å². The third kappa shape index (κ3) is 3.83. The Hall–Kier alpha value is -4.00. The number of aryl methyl sites for hydroxylation is 1. The van der Waals surface area contributed by atoms with E-state index in [1.165, 1.54) is 0 Å². The van der Waals surface area contributed by atoms with Crippen LogP contribution in [-0.4, -0.2) is 25.4 Å². The lowest BCUT2D eigenvalue weighted by molar-refractivity contribution is 0.102. The van der Waals surface area contributed by atoms with Gasteiger partial charge in [-0.2, -0.15) is 0 Å². The Bertz CT molecular complexity index is 1350. The fraction of sp³-hybridized carbons (Fsp3) is 0.259. The zero-order valence-electron chi connectivity index (χ0n) is 19.6. The van der Waals surface area contributed by atoms with Crippen LogP contribution in [0.5, 0.6) is 0 Å². The number of para-hydroxylation sites is 2. The van der Waals surface area contributed by atoms with Crippen molar-refractivity contribution in [1.29, 1.82) is 0 Å². The van der Waals surface area contributed by atoms with E-state index in [0.717, 1.165) is 41.4 Å². The summed E-state index contributed by atoms with van der Waals surface area (Å²) in [5.41, 5.74) is 10.5. The number of nitrogens with two attached hydrogens (primary N) is 1. The van der Waals surface area contributed by atoms with E-state index in [0.29, 0.717) is 16.9 Å². The third-order valence-electron chi connectivity index (χ3n) is 6.50. The molecule has 4 aromatic rings. The van der Waals surface area contributed by atoms with Gasteiger partial charge in [-0.25, -0.2) is 15.0 Å². The highest BCUT2D eigenvalue weighted by atomic mass is 16.1. The van der Waals surface area contributed by atoms with Crippen molar-refractivity contribution in [2.45, 2.75) is 45.1 Å². The first kappa shape index (κ1) is 21.8. The second kappa shape index (κ2) is 8.41. The number of anilines is 2. The topological polar surface area (TPSA) is 98.7 Å². The summed E-state index contributed by atoms with van der Waals surface area (Å²) >= 11 is 0. The first-order valence-electron chi connectivity index (χ1n) is 11.5. The monoisotopic (exact) mass is 452 g/mol. The molecule has 0 bridgehead atoms. The molecule has 2 aromatic carbocycles. The van der Waals surface area contributed by atoms with Crippen molar-refractivity contribution in [3.8, 4) is 11.4 Å².